The molecule has 0 saturated heterocycles. The second-order valence-electron chi connectivity index (χ2n) is 6.79. The molecule has 3 nitrogen and oxygen atoms in total. The lowest BCUT2D eigenvalue weighted by atomic mass is 9.78. The molecule has 5 heteroatoms. The largest absolute Gasteiger partial charge is 0.355 e. The van der Waals surface area contributed by atoms with E-state index >= 15 is 0 Å². The van der Waals surface area contributed by atoms with E-state index in [0.29, 0.717) is 5.92 Å². The number of hydrogen-bond donors (Lipinski definition) is 1. The topological polar surface area (TPSA) is 37.8 Å². The van der Waals surface area contributed by atoms with Crippen molar-refractivity contribution in [2.45, 2.75) is 45.6 Å². The van der Waals surface area contributed by atoms with Gasteiger partial charge in [0, 0.05) is 11.1 Å². The summed E-state index contributed by atoms with van der Waals surface area (Å²) in [6.45, 7) is 6.66. The number of halogens is 1. The van der Waals surface area contributed by atoms with Gasteiger partial charge >= 0.3 is 0 Å². The minimum Gasteiger partial charge on any atom is -0.355 e. The minimum atomic E-state index is -0.238. The van der Waals surface area contributed by atoms with Crippen molar-refractivity contribution in [2.75, 3.05) is 5.32 Å². The predicted molar refractivity (Wildman–Crippen MR) is 94.1 cm³/mol. The van der Waals surface area contributed by atoms with Crippen molar-refractivity contribution in [1.82, 2.24) is 10.2 Å². The van der Waals surface area contributed by atoms with Gasteiger partial charge in [-0.1, -0.05) is 23.0 Å². The zero-order valence-corrected chi connectivity index (χ0v) is 14.6. The second-order valence-corrected chi connectivity index (χ2v) is 7.77. The fourth-order valence-corrected chi connectivity index (χ4v) is 3.90. The maximum Gasteiger partial charge on any atom is 0.206 e. The fourth-order valence-electron chi connectivity index (χ4n) is 2.98. The standard InChI is InChI=1S/C18H22FN3S/c1-12-4-8-14(9-5-12)18(2,3)20-17-22-21-16(23-17)13-6-10-15(19)11-7-13/h4,6-7,10-11,14H,5,8-9H2,1-3H3,(H,20,22)/t14-/m0/s1. The Morgan fingerprint density at radius 1 is 1.22 bits per heavy atom. The summed E-state index contributed by atoms with van der Waals surface area (Å²) in [7, 11) is 0. The van der Waals surface area contributed by atoms with Crippen LogP contribution in [0.5, 0.6) is 0 Å². The number of anilines is 1. The van der Waals surface area contributed by atoms with Crippen LogP contribution in [0.1, 0.15) is 40.0 Å². The summed E-state index contributed by atoms with van der Waals surface area (Å²) in [6.07, 6.45) is 5.83. The number of benzene rings is 1. The van der Waals surface area contributed by atoms with E-state index in [1.165, 1.54) is 41.9 Å². The third-order valence-corrected chi connectivity index (χ3v) is 5.49. The molecule has 0 saturated carbocycles. The van der Waals surface area contributed by atoms with Crippen LogP contribution in [0.15, 0.2) is 35.9 Å². The molecule has 1 heterocycles. The molecule has 1 aromatic carbocycles. The summed E-state index contributed by atoms with van der Waals surface area (Å²) >= 11 is 1.51. The van der Waals surface area contributed by atoms with Crippen molar-refractivity contribution >= 4 is 16.5 Å². The molecule has 0 unspecified atom stereocenters. The Hall–Kier alpha value is -1.75. The SMILES string of the molecule is CC1=CC[C@H](C(C)(C)Nc2nnc(-c3ccc(F)cc3)s2)CC1. The van der Waals surface area contributed by atoms with Crippen molar-refractivity contribution in [3.8, 4) is 10.6 Å². The first-order valence-electron chi connectivity index (χ1n) is 7.97. The van der Waals surface area contributed by atoms with Crippen LogP contribution >= 0.6 is 11.3 Å². The Bertz CT molecular complexity index is 703. The molecule has 0 amide bonds. The summed E-state index contributed by atoms with van der Waals surface area (Å²) in [4.78, 5) is 0. The number of aromatic nitrogens is 2. The molecule has 2 aromatic rings. The van der Waals surface area contributed by atoms with Crippen LogP contribution in [-0.4, -0.2) is 15.7 Å². The molecular weight excluding hydrogens is 309 g/mol. The molecule has 1 atom stereocenters. The van der Waals surface area contributed by atoms with Crippen LogP contribution in [0.3, 0.4) is 0 Å². The van der Waals surface area contributed by atoms with Crippen LogP contribution < -0.4 is 5.32 Å². The third-order valence-electron chi connectivity index (χ3n) is 4.60. The van der Waals surface area contributed by atoms with E-state index in [1.54, 1.807) is 12.1 Å². The van der Waals surface area contributed by atoms with Crippen molar-refractivity contribution < 1.29 is 4.39 Å². The monoisotopic (exact) mass is 331 g/mol. The predicted octanol–water partition coefficient (Wildman–Crippen LogP) is 5.28. The molecule has 0 fully saturated rings. The van der Waals surface area contributed by atoms with Crippen molar-refractivity contribution in [2.24, 2.45) is 5.92 Å². The van der Waals surface area contributed by atoms with E-state index in [9.17, 15) is 4.39 Å². The van der Waals surface area contributed by atoms with Crippen LogP contribution in [0.25, 0.3) is 10.6 Å². The van der Waals surface area contributed by atoms with Crippen molar-refractivity contribution in [3.63, 3.8) is 0 Å². The summed E-state index contributed by atoms with van der Waals surface area (Å²) < 4.78 is 13.0. The highest BCUT2D eigenvalue weighted by molar-refractivity contribution is 7.18. The van der Waals surface area contributed by atoms with Gasteiger partial charge < -0.3 is 5.32 Å². The Morgan fingerprint density at radius 3 is 2.61 bits per heavy atom. The quantitative estimate of drug-likeness (QED) is 0.774. The average molecular weight is 331 g/mol. The smallest absolute Gasteiger partial charge is 0.206 e. The van der Waals surface area contributed by atoms with E-state index in [2.05, 4.69) is 42.4 Å². The first kappa shape index (κ1) is 16.1. The molecule has 3 rings (SSSR count). The van der Waals surface area contributed by atoms with Gasteiger partial charge in [-0.15, -0.1) is 10.2 Å². The van der Waals surface area contributed by atoms with Crippen molar-refractivity contribution in [1.29, 1.82) is 0 Å². The molecule has 1 aliphatic carbocycles. The van der Waals surface area contributed by atoms with Gasteiger partial charge in [0.2, 0.25) is 5.13 Å². The Morgan fingerprint density at radius 2 is 1.96 bits per heavy atom. The molecular formula is C18H22FN3S. The fraction of sp³-hybridized carbons (Fsp3) is 0.444. The average Bonchev–Trinajstić information content (AvgIpc) is 2.96. The van der Waals surface area contributed by atoms with Crippen LogP contribution in [0.4, 0.5) is 9.52 Å². The molecule has 0 radical (unpaired) electrons. The Balaban J connectivity index is 1.72. The van der Waals surface area contributed by atoms with Gasteiger partial charge in [-0.25, -0.2) is 4.39 Å². The van der Waals surface area contributed by atoms with E-state index in [0.717, 1.165) is 22.1 Å². The maximum absolute atomic E-state index is 13.0. The molecule has 0 aliphatic heterocycles. The van der Waals surface area contributed by atoms with Crippen LogP contribution in [0.2, 0.25) is 0 Å². The van der Waals surface area contributed by atoms with E-state index in [4.69, 9.17) is 0 Å². The second kappa shape index (κ2) is 6.40. The van der Waals surface area contributed by atoms with Gasteiger partial charge in [0.25, 0.3) is 0 Å². The van der Waals surface area contributed by atoms with Gasteiger partial charge in [0.1, 0.15) is 10.8 Å². The van der Waals surface area contributed by atoms with Gasteiger partial charge in [0.15, 0.2) is 0 Å². The van der Waals surface area contributed by atoms with E-state index < -0.39 is 0 Å². The molecule has 23 heavy (non-hydrogen) atoms. The lowest BCUT2D eigenvalue weighted by Crippen LogP contribution is -2.40. The summed E-state index contributed by atoms with van der Waals surface area (Å²) in [5.41, 5.74) is 2.36. The highest BCUT2D eigenvalue weighted by Gasteiger charge is 2.31. The van der Waals surface area contributed by atoms with E-state index in [-0.39, 0.29) is 11.4 Å². The Kier molecular flexibility index (Phi) is 4.48. The van der Waals surface area contributed by atoms with Gasteiger partial charge in [-0.05, 0) is 70.2 Å². The lowest BCUT2D eigenvalue weighted by Gasteiger charge is -2.36. The third kappa shape index (κ3) is 3.78. The molecule has 122 valence electrons. The number of hydrogen-bond acceptors (Lipinski definition) is 4. The number of nitrogens with zero attached hydrogens (tertiary/aromatic N) is 2. The maximum atomic E-state index is 13.0. The molecule has 0 spiro atoms. The first-order valence-corrected chi connectivity index (χ1v) is 8.79. The van der Waals surface area contributed by atoms with Gasteiger partial charge in [-0.2, -0.15) is 0 Å². The highest BCUT2D eigenvalue weighted by atomic mass is 32.1. The summed E-state index contributed by atoms with van der Waals surface area (Å²) in [6, 6.07) is 6.37. The van der Waals surface area contributed by atoms with Gasteiger partial charge in [0.05, 0.1) is 0 Å². The number of rotatable bonds is 4. The van der Waals surface area contributed by atoms with Gasteiger partial charge in [-0.3, -0.25) is 0 Å². The Labute approximate surface area is 140 Å². The zero-order chi connectivity index (χ0) is 16.4. The molecule has 1 aromatic heterocycles. The summed E-state index contributed by atoms with van der Waals surface area (Å²) in [5.74, 6) is 0.350. The number of nitrogens with one attached hydrogen (secondary N) is 1. The normalized spacial score (nSPS) is 18.6. The van der Waals surface area contributed by atoms with Crippen LogP contribution in [-0.2, 0) is 0 Å². The summed E-state index contributed by atoms with van der Waals surface area (Å²) in [5, 5.41) is 13.7. The van der Waals surface area contributed by atoms with Crippen LogP contribution in [0, 0.1) is 11.7 Å². The highest BCUT2D eigenvalue weighted by Crippen LogP contribution is 2.35. The van der Waals surface area contributed by atoms with Crippen molar-refractivity contribution in [3.05, 3.63) is 41.7 Å². The first-order chi connectivity index (χ1) is 10.9. The number of allylic oxidation sites excluding steroid dienone is 2. The van der Waals surface area contributed by atoms with E-state index in [1.807, 2.05) is 0 Å². The molecule has 1 aliphatic rings. The molecule has 0 bridgehead atoms. The molecule has 1 N–H and O–H groups in total. The minimum absolute atomic E-state index is 0.0310. The lowest BCUT2D eigenvalue weighted by molar-refractivity contribution is 0.319. The zero-order valence-electron chi connectivity index (χ0n) is 13.8.